The fourth-order valence-electron chi connectivity index (χ4n) is 1.72. The molecule has 0 radical (unpaired) electrons. The second-order valence-corrected chi connectivity index (χ2v) is 5.26. The number of hydrogen-bond acceptors (Lipinski definition) is 3. The Balaban J connectivity index is 2.17. The van der Waals surface area contributed by atoms with Crippen molar-refractivity contribution >= 4 is 33.3 Å². The van der Waals surface area contributed by atoms with Gasteiger partial charge in [-0.1, -0.05) is 13.0 Å². The third kappa shape index (κ3) is 4.01. The van der Waals surface area contributed by atoms with Crippen molar-refractivity contribution in [2.75, 3.05) is 17.2 Å². The summed E-state index contributed by atoms with van der Waals surface area (Å²) in [6, 6.07) is 7.75. The lowest BCUT2D eigenvalue weighted by molar-refractivity contribution is 0.102. The molecule has 0 atom stereocenters. The molecule has 0 saturated heterocycles. The van der Waals surface area contributed by atoms with E-state index in [-0.39, 0.29) is 11.6 Å². The first-order chi connectivity index (χ1) is 10.1. The molecule has 6 heteroatoms. The number of halogens is 2. The molecule has 1 aromatic heterocycles. The normalized spacial score (nSPS) is 10.2. The van der Waals surface area contributed by atoms with Crippen LogP contribution in [0.25, 0.3) is 0 Å². The molecule has 110 valence electrons. The van der Waals surface area contributed by atoms with Crippen LogP contribution < -0.4 is 10.6 Å². The maximum Gasteiger partial charge on any atom is 0.255 e. The van der Waals surface area contributed by atoms with Crippen LogP contribution in [-0.2, 0) is 0 Å². The Morgan fingerprint density at radius 2 is 2.19 bits per heavy atom. The first kappa shape index (κ1) is 15.4. The molecule has 0 aliphatic heterocycles. The van der Waals surface area contributed by atoms with Gasteiger partial charge in [-0.05, 0) is 46.6 Å². The summed E-state index contributed by atoms with van der Waals surface area (Å²) in [4.78, 5) is 16.3. The fourth-order valence-corrected chi connectivity index (χ4v) is 2.17. The Labute approximate surface area is 130 Å². The van der Waals surface area contributed by atoms with Crippen LogP contribution in [0, 0.1) is 5.82 Å². The number of aromatic nitrogens is 1. The lowest BCUT2D eigenvalue weighted by Crippen LogP contribution is -2.14. The minimum absolute atomic E-state index is 0.127. The van der Waals surface area contributed by atoms with E-state index in [1.165, 1.54) is 6.07 Å². The number of rotatable bonds is 5. The summed E-state index contributed by atoms with van der Waals surface area (Å²) in [5, 5.41) is 5.66. The lowest BCUT2D eigenvalue weighted by atomic mass is 10.2. The van der Waals surface area contributed by atoms with Crippen LogP contribution in [-0.4, -0.2) is 17.4 Å². The van der Waals surface area contributed by atoms with Gasteiger partial charge in [-0.25, -0.2) is 9.37 Å². The van der Waals surface area contributed by atoms with Crippen molar-refractivity contribution in [2.24, 2.45) is 0 Å². The molecule has 0 spiro atoms. The Kier molecular flexibility index (Phi) is 5.27. The number of pyridine rings is 1. The molecule has 1 amide bonds. The van der Waals surface area contributed by atoms with Crippen LogP contribution in [0.4, 0.5) is 15.9 Å². The topological polar surface area (TPSA) is 54.0 Å². The quantitative estimate of drug-likeness (QED) is 0.853. The van der Waals surface area contributed by atoms with Crippen LogP contribution in [0.3, 0.4) is 0 Å². The largest absolute Gasteiger partial charge is 0.370 e. The number of carbonyl (C=O) groups excluding carboxylic acids is 1. The van der Waals surface area contributed by atoms with Crippen molar-refractivity contribution in [2.45, 2.75) is 13.3 Å². The van der Waals surface area contributed by atoms with Crippen LogP contribution >= 0.6 is 15.9 Å². The highest BCUT2D eigenvalue weighted by Crippen LogP contribution is 2.25. The second kappa shape index (κ2) is 7.17. The highest BCUT2D eigenvalue weighted by Gasteiger charge is 2.12. The van der Waals surface area contributed by atoms with Gasteiger partial charge in [0.15, 0.2) is 0 Å². The zero-order valence-corrected chi connectivity index (χ0v) is 13.1. The molecule has 0 bridgehead atoms. The summed E-state index contributed by atoms with van der Waals surface area (Å²) in [5.74, 6) is -0.254. The maximum absolute atomic E-state index is 13.7. The molecule has 1 aromatic carbocycles. The highest BCUT2D eigenvalue weighted by molar-refractivity contribution is 9.10. The highest BCUT2D eigenvalue weighted by atomic mass is 79.9. The summed E-state index contributed by atoms with van der Waals surface area (Å²) < 4.78 is 14.2. The molecule has 2 rings (SSSR count). The number of amides is 1. The first-order valence-electron chi connectivity index (χ1n) is 6.57. The molecule has 2 N–H and O–H groups in total. The van der Waals surface area contributed by atoms with E-state index in [0.29, 0.717) is 15.9 Å². The van der Waals surface area contributed by atoms with Crippen molar-refractivity contribution in [1.29, 1.82) is 0 Å². The number of para-hydroxylation sites is 1. The van der Waals surface area contributed by atoms with Crippen molar-refractivity contribution in [3.8, 4) is 0 Å². The summed E-state index contributed by atoms with van der Waals surface area (Å²) in [6.07, 6.45) is 2.50. The van der Waals surface area contributed by atoms with E-state index in [0.717, 1.165) is 13.0 Å². The molecule has 0 aliphatic carbocycles. The predicted octanol–water partition coefficient (Wildman–Crippen LogP) is 4.06. The van der Waals surface area contributed by atoms with Gasteiger partial charge >= 0.3 is 0 Å². The average molecular weight is 352 g/mol. The molecule has 0 aliphatic rings. The standard InChI is InChI=1S/C15H15BrFN3O/c1-2-7-18-13-9-10(6-8-19-13)15(21)20-14-11(16)4-3-5-12(14)17/h3-6,8-9H,2,7H2,1H3,(H,18,19)(H,20,21). The monoisotopic (exact) mass is 351 g/mol. The first-order valence-corrected chi connectivity index (χ1v) is 7.36. The van der Waals surface area contributed by atoms with E-state index in [1.54, 1.807) is 30.5 Å². The van der Waals surface area contributed by atoms with Crippen molar-refractivity contribution in [3.63, 3.8) is 0 Å². The smallest absolute Gasteiger partial charge is 0.255 e. The molecule has 0 fully saturated rings. The second-order valence-electron chi connectivity index (χ2n) is 4.41. The van der Waals surface area contributed by atoms with E-state index in [1.807, 2.05) is 6.92 Å². The van der Waals surface area contributed by atoms with Crippen molar-refractivity contribution in [3.05, 3.63) is 52.4 Å². The Bertz CT molecular complexity index is 628. The van der Waals surface area contributed by atoms with E-state index >= 15 is 0 Å². The number of nitrogens with one attached hydrogen (secondary N) is 2. The van der Waals surface area contributed by atoms with Gasteiger partial charge in [-0.3, -0.25) is 4.79 Å². The minimum Gasteiger partial charge on any atom is -0.370 e. The van der Waals surface area contributed by atoms with Crippen LogP contribution in [0.2, 0.25) is 0 Å². The Morgan fingerprint density at radius 1 is 1.38 bits per heavy atom. The van der Waals surface area contributed by atoms with Gasteiger partial charge in [0.2, 0.25) is 0 Å². The lowest BCUT2D eigenvalue weighted by Gasteiger charge is -2.09. The minimum atomic E-state index is -0.490. The number of benzene rings is 1. The fraction of sp³-hybridized carbons (Fsp3) is 0.200. The summed E-state index contributed by atoms with van der Waals surface area (Å²) >= 11 is 3.22. The molecule has 4 nitrogen and oxygen atoms in total. The molecular formula is C15H15BrFN3O. The van der Waals surface area contributed by atoms with Crippen LogP contribution in [0.1, 0.15) is 23.7 Å². The third-order valence-electron chi connectivity index (χ3n) is 2.78. The Hall–Kier alpha value is -1.95. The van der Waals surface area contributed by atoms with E-state index in [2.05, 4.69) is 31.5 Å². The SMILES string of the molecule is CCCNc1cc(C(=O)Nc2c(F)cccc2Br)ccn1. The molecule has 1 heterocycles. The Morgan fingerprint density at radius 3 is 2.90 bits per heavy atom. The number of carbonyl (C=O) groups is 1. The van der Waals surface area contributed by atoms with Crippen molar-refractivity contribution in [1.82, 2.24) is 4.98 Å². The molecule has 2 aromatic rings. The zero-order chi connectivity index (χ0) is 15.2. The third-order valence-corrected chi connectivity index (χ3v) is 3.44. The summed E-state index contributed by atoms with van der Waals surface area (Å²) in [6.45, 7) is 2.82. The van der Waals surface area contributed by atoms with Gasteiger partial charge in [0.05, 0.1) is 5.69 Å². The molecule has 21 heavy (non-hydrogen) atoms. The van der Waals surface area contributed by atoms with Gasteiger partial charge in [0.25, 0.3) is 5.91 Å². The number of anilines is 2. The van der Waals surface area contributed by atoms with Gasteiger partial charge in [0.1, 0.15) is 11.6 Å². The zero-order valence-electron chi connectivity index (χ0n) is 11.5. The van der Waals surface area contributed by atoms with Crippen molar-refractivity contribution < 1.29 is 9.18 Å². The van der Waals surface area contributed by atoms with E-state index < -0.39 is 5.82 Å². The maximum atomic E-state index is 13.7. The van der Waals surface area contributed by atoms with Gasteiger partial charge in [-0.2, -0.15) is 0 Å². The molecule has 0 unspecified atom stereocenters. The van der Waals surface area contributed by atoms with E-state index in [9.17, 15) is 9.18 Å². The number of hydrogen-bond donors (Lipinski definition) is 2. The van der Waals surface area contributed by atoms with E-state index in [4.69, 9.17) is 0 Å². The van der Waals surface area contributed by atoms with Gasteiger partial charge in [-0.15, -0.1) is 0 Å². The molecule has 0 saturated carbocycles. The summed E-state index contributed by atoms with van der Waals surface area (Å²) in [7, 11) is 0. The molecular weight excluding hydrogens is 337 g/mol. The van der Waals surface area contributed by atoms with Gasteiger partial charge in [0, 0.05) is 22.8 Å². The van der Waals surface area contributed by atoms with Gasteiger partial charge < -0.3 is 10.6 Å². The van der Waals surface area contributed by atoms with Crippen LogP contribution in [0.5, 0.6) is 0 Å². The summed E-state index contributed by atoms with van der Waals surface area (Å²) in [5.41, 5.74) is 0.543. The predicted molar refractivity (Wildman–Crippen MR) is 85.1 cm³/mol. The number of nitrogens with zero attached hydrogens (tertiary/aromatic N) is 1. The average Bonchev–Trinajstić information content (AvgIpc) is 2.49. The van der Waals surface area contributed by atoms with Crippen LogP contribution in [0.15, 0.2) is 41.0 Å².